The van der Waals surface area contributed by atoms with Crippen LogP contribution in [0.3, 0.4) is 0 Å². The van der Waals surface area contributed by atoms with Gasteiger partial charge in [0.1, 0.15) is 5.69 Å². The molecule has 3 aromatic heterocycles. The van der Waals surface area contributed by atoms with Gasteiger partial charge in [0.25, 0.3) is 11.5 Å². The number of likely N-dealkylation sites (tertiary alicyclic amines) is 1. The predicted octanol–water partition coefficient (Wildman–Crippen LogP) is 1.89. The van der Waals surface area contributed by atoms with E-state index in [0.29, 0.717) is 31.2 Å². The molecule has 1 saturated heterocycles. The van der Waals surface area contributed by atoms with Gasteiger partial charge < -0.3 is 9.47 Å². The highest BCUT2D eigenvalue weighted by Gasteiger charge is 2.37. The van der Waals surface area contributed by atoms with E-state index in [0.717, 1.165) is 23.4 Å². The monoisotopic (exact) mass is 361 g/mol. The smallest absolute Gasteiger partial charge is 0.271 e. The third-order valence-corrected chi connectivity index (χ3v) is 5.54. The van der Waals surface area contributed by atoms with Crippen molar-refractivity contribution in [1.82, 2.24) is 24.6 Å². The molecule has 1 amide bonds. The summed E-state index contributed by atoms with van der Waals surface area (Å²) in [5.74, 6) is 0.418. The number of rotatable bonds is 2. The number of fused-ring (bicyclic) bond motifs is 4. The molecule has 0 radical (unpaired) electrons. The van der Waals surface area contributed by atoms with Crippen molar-refractivity contribution in [3.63, 3.8) is 0 Å². The normalized spacial score (nSPS) is 21.0. The van der Waals surface area contributed by atoms with Gasteiger partial charge in [-0.15, -0.1) is 0 Å². The minimum atomic E-state index is -0.0288. The second kappa shape index (κ2) is 6.19. The van der Waals surface area contributed by atoms with Crippen LogP contribution in [0, 0.1) is 5.92 Å². The topological polar surface area (TPSA) is 83.9 Å². The molecule has 0 saturated carbocycles. The lowest BCUT2D eigenvalue weighted by molar-refractivity contribution is 0.0589. The number of piperidine rings is 1. The number of H-pyrrole nitrogens is 1. The van der Waals surface area contributed by atoms with Crippen LogP contribution in [0.25, 0.3) is 11.3 Å². The van der Waals surface area contributed by atoms with Crippen LogP contribution in [0.4, 0.5) is 0 Å². The Hall–Kier alpha value is -3.22. The van der Waals surface area contributed by atoms with E-state index >= 15 is 0 Å². The molecule has 0 unspecified atom stereocenters. The molecule has 0 aliphatic carbocycles. The maximum absolute atomic E-state index is 12.7. The molecule has 7 heteroatoms. The van der Waals surface area contributed by atoms with Gasteiger partial charge in [-0.05, 0) is 36.6 Å². The molecule has 0 spiro atoms. The number of hydrogen-bond acceptors (Lipinski definition) is 4. The molecule has 2 bridgehead atoms. The van der Waals surface area contributed by atoms with Crippen molar-refractivity contribution in [1.29, 1.82) is 0 Å². The van der Waals surface area contributed by atoms with E-state index in [1.807, 2.05) is 27.7 Å². The Bertz CT molecular complexity index is 1040. The maximum atomic E-state index is 12.7. The first-order chi connectivity index (χ1) is 13.2. The van der Waals surface area contributed by atoms with Gasteiger partial charge >= 0.3 is 0 Å². The van der Waals surface area contributed by atoms with Gasteiger partial charge in [-0.2, -0.15) is 5.10 Å². The molecule has 2 aliphatic heterocycles. The van der Waals surface area contributed by atoms with Crippen LogP contribution in [0.5, 0.6) is 0 Å². The SMILES string of the molecule is O=C(c1ccn[nH]1)N1C[C@@H]2C[C@H](C1)c1cc(-c3ccccn3)cc(=O)n1C2. The minimum Gasteiger partial charge on any atom is -0.336 e. The van der Waals surface area contributed by atoms with E-state index in [1.165, 1.54) is 0 Å². The molecular formula is C20H19N5O2. The van der Waals surface area contributed by atoms with Crippen LogP contribution < -0.4 is 5.56 Å². The summed E-state index contributed by atoms with van der Waals surface area (Å²) in [5, 5.41) is 6.63. The molecular weight excluding hydrogens is 342 g/mol. The molecule has 2 aliphatic rings. The van der Waals surface area contributed by atoms with Crippen LogP contribution in [0.2, 0.25) is 0 Å². The van der Waals surface area contributed by atoms with Crippen molar-refractivity contribution < 1.29 is 4.79 Å². The van der Waals surface area contributed by atoms with Crippen LogP contribution in [-0.4, -0.2) is 43.6 Å². The maximum Gasteiger partial charge on any atom is 0.271 e. The average molecular weight is 361 g/mol. The predicted molar refractivity (Wildman–Crippen MR) is 99.3 cm³/mol. The highest BCUT2D eigenvalue weighted by Crippen LogP contribution is 2.36. The standard InChI is InChI=1S/C20H19N5O2/c26-19-9-14(16-3-1-2-5-21-16)8-18-15-7-13(11-25(18)19)10-24(12-15)20(27)17-4-6-22-23-17/h1-6,8-9,13,15H,7,10-12H2,(H,22,23)/t13-,15+/m0/s1. The Balaban J connectivity index is 1.51. The third kappa shape index (κ3) is 2.75. The Morgan fingerprint density at radius 2 is 2.04 bits per heavy atom. The Morgan fingerprint density at radius 1 is 1.11 bits per heavy atom. The van der Waals surface area contributed by atoms with Gasteiger partial charge in [0.15, 0.2) is 0 Å². The van der Waals surface area contributed by atoms with Crippen molar-refractivity contribution in [2.75, 3.05) is 13.1 Å². The Morgan fingerprint density at radius 3 is 2.81 bits per heavy atom. The molecule has 7 nitrogen and oxygen atoms in total. The number of pyridine rings is 2. The third-order valence-electron chi connectivity index (χ3n) is 5.54. The summed E-state index contributed by atoms with van der Waals surface area (Å²) in [4.78, 5) is 31.7. The van der Waals surface area contributed by atoms with Crippen molar-refractivity contribution in [3.8, 4) is 11.3 Å². The van der Waals surface area contributed by atoms with E-state index < -0.39 is 0 Å². The lowest BCUT2D eigenvalue weighted by Crippen LogP contribution is -2.49. The average Bonchev–Trinajstić information content (AvgIpc) is 3.23. The quantitative estimate of drug-likeness (QED) is 0.755. The molecule has 0 aromatic carbocycles. The van der Waals surface area contributed by atoms with Crippen molar-refractivity contribution in [2.24, 2.45) is 5.92 Å². The number of amides is 1. The van der Waals surface area contributed by atoms with E-state index in [2.05, 4.69) is 21.2 Å². The first-order valence-electron chi connectivity index (χ1n) is 9.14. The van der Waals surface area contributed by atoms with Gasteiger partial charge in [0.2, 0.25) is 0 Å². The molecule has 5 heterocycles. The van der Waals surface area contributed by atoms with Gasteiger partial charge in [-0.1, -0.05) is 6.07 Å². The Labute approximate surface area is 155 Å². The first kappa shape index (κ1) is 16.0. The van der Waals surface area contributed by atoms with Crippen LogP contribution in [0.15, 0.2) is 53.6 Å². The number of hydrogen-bond donors (Lipinski definition) is 1. The number of nitrogens with zero attached hydrogens (tertiary/aromatic N) is 4. The van der Waals surface area contributed by atoms with E-state index in [-0.39, 0.29) is 17.4 Å². The fraction of sp³-hybridized carbons (Fsp3) is 0.300. The number of aromatic amines is 1. The van der Waals surface area contributed by atoms with Crippen molar-refractivity contribution in [2.45, 2.75) is 18.9 Å². The highest BCUT2D eigenvalue weighted by atomic mass is 16.2. The lowest BCUT2D eigenvalue weighted by Gasteiger charge is -2.42. The second-order valence-corrected chi connectivity index (χ2v) is 7.31. The van der Waals surface area contributed by atoms with Crippen LogP contribution >= 0.6 is 0 Å². The number of aromatic nitrogens is 4. The number of carbonyl (C=O) groups is 1. The van der Waals surface area contributed by atoms with Crippen LogP contribution in [0.1, 0.15) is 28.5 Å². The van der Waals surface area contributed by atoms with Crippen molar-refractivity contribution >= 4 is 5.91 Å². The fourth-order valence-corrected chi connectivity index (χ4v) is 4.35. The number of carbonyl (C=O) groups excluding carboxylic acids is 1. The number of nitrogens with one attached hydrogen (secondary N) is 1. The molecule has 1 fully saturated rings. The van der Waals surface area contributed by atoms with Gasteiger partial charge in [0, 0.05) is 55.3 Å². The second-order valence-electron chi connectivity index (χ2n) is 7.31. The van der Waals surface area contributed by atoms with E-state index in [9.17, 15) is 9.59 Å². The minimum absolute atomic E-state index is 0.0104. The summed E-state index contributed by atoms with van der Waals surface area (Å²) in [6.45, 7) is 1.93. The van der Waals surface area contributed by atoms with E-state index in [4.69, 9.17) is 0 Å². The summed E-state index contributed by atoms with van der Waals surface area (Å²) in [5.41, 5.74) is 3.15. The zero-order valence-electron chi connectivity index (χ0n) is 14.7. The summed E-state index contributed by atoms with van der Waals surface area (Å²) in [7, 11) is 0. The summed E-state index contributed by atoms with van der Waals surface area (Å²) in [6.07, 6.45) is 4.32. The summed E-state index contributed by atoms with van der Waals surface area (Å²) < 4.78 is 1.88. The van der Waals surface area contributed by atoms with Gasteiger partial charge in [-0.3, -0.25) is 19.7 Å². The zero-order chi connectivity index (χ0) is 18.4. The zero-order valence-corrected chi connectivity index (χ0v) is 14.7. The van der Waals surface area contributed by atoms with Gasteiger partial charge in [-0.25, -0.2) is 0 Å². The van der Waals surface area contributed by atoms with E-state index in [1.54, 1.807) is 24.5 Å². The Kier molecular flexibility index (Phi) is 3.67. The van der Waals surface area contributed by atoms with Gasteiger partial charge in [0.05, 0.1) is 5.69 Å². The summed E-state index contributed by atoms with van der Waals surface area (Å²) in [6, 6.07) is 11.1. The van der Waals surface area contributed by atoms with Crippen LogP contribution in [-0.2, 0) is 6.54 Å². The first-order valence-corrected chi connectivity index (χ1v) is 9.14. The fourth-order valence-electron chi connectivity index (χ4n) is 4.35. The molecule has 5 rings (SSSR count). The molecule has 1 N–H and O–H groups in total. The summed E-state index contributed by atoms with van der Waals surface area (Å²) >= 11 is 0. The largest absolute Gasteiger partial charge is 0.336 e. The molecule has 2 atom stereocenters. The molecule has 136 valence electrons. The lowest BCUT2D eigenvalue weighted by atomic mass is 9.82. The molecule has 27 heavy (non-hydrogen) atoms. The highest BCUT2D eigenvalue weighted by molar-refractivity contribution is 5.92. The molecule has 3 aromatic rings. The van der Waals surface area contributed by atoms with Crippen molar-refractivity contribution in [3.05, 3.63) is 70.5 Å².